The normalized spacial score (nSPS) is 19.5. The number of amidine groups is 1. The Morgan fingerprint density at radius 3 is 2.51 bits per heavy atom. The molecule has 2 aliphatic rings. The molecule has 0 bridgehead atoms. The van der Waals surface area contributed by atoms with E-state index in [9.17, 15) is 9.59 Å². The highest BCUT2D eigenvalue weighted by atomic mass is 35.5. The van der Waals surface area contributed by atoms with Gasteiger partial charge in [-0.25, -0.2) is 5.01 Å². The van der Waals surface area contributed by atoms with Gasteiger partial charge in [-0.05, 0) is 36.2 Å². The number of thioether (sulfide) groups is 1. The van der Waals surface area contributed by atoms with Gasteiger partial charge in [0.15, 0.2) is 5.17 Å². The number of aryl methyl sites for hydroxylation is 1. The number of carbonyl (C=O) groups is 2. The van der Waals surface area contributed by atoms with Gasteiger partial charge in [0.05, 0.1) is 11.8 Å². The molecule has 6 nitrogen and oxygen atoms in total. The fourth-order valence-electron chi connectivity index (χ4n) is 4.10. The molecule has 2 heterocycles. The number of hydrogen-bond acceptors (Lipinski definition) is 5. The summed E-state index contributed by atoms with van der Waals surface area (Å²) in [5.41, 5.74) is 4.70. The lowest BCUT2D eigenvalue weighted by molar-refractivity contribution is -0.121. The van der Waals surface area contributed by atoms with Crippen LogP contribution in [0.25, 0.3) is 0 Å². The summed E-state index contributed by atoms with van der Waals surface area (Å²) in [5.74, 6) is -0.559. The molecule has 3 aromatic rings. The van der Waals surface area contributed by atoms with Crippen LogP contribution in [0.4, 0.5) is 5.69 Å². The number of halogens is 1. The smallest absolute Gasteiger partial charge is 0.262 e. The van der Waals surface area contributed by atoms with E-state index in [4.69, 9.17) is 16.7 Å². The number of benzene rings is 3. The molecule has 0 saturated heterocycles. The lowest BCUT2D eigenvalue weighted by Gasteiger charge is -2.23. The minimum absolute atomic E-state index is 0.0323. The number of rotatable bonds is 5. The number of aliphatic imine (C=N–C) groups is 1. The molecular formula is C27H23ClN4O2S. The zero-order valence-electron chi connectivity index (χ0n) is 19.0. The van der Waals surface area contributed by atoms with Crippen molar-refractivity contribution in [1.29, 1.82) is 0 Å². The van der Waals surface area contributed by atoms with Crippen molar-refractivity contribution in [2.24, 2.45) is 10.1 Å². The van der Waals surface area contributed by atoms with Crippen LogP contribution in [0, 0.1) is 6.92 Å². The van der Waals surface area contributed by atoms with E-state index >= 15 is 0 Å². The van der Waals surface area contributed by atoms with Gasteiger partial charge in [0.25, 0.3) is 5.91 Å². The molecule has 1 N–H and O–H groups in total. The molecule has 0 fully saturated rings. The van der Waals surface area contributed by atoms with Crippen molar-refractivity contribution in [3.8, 4) is 0 Å². The predicted molar refractivity (Wildman–Crippen MR) is 142 cm³/mol. The molecule has 0 saturated carbocycles. The monoisotopic (exact) mass is 502 g/mol. The standard InChI is InChI=1S/C27H23ClN4O2S/c1-17-11-13-18(14-12-17)22-15-23(20-9-5-6-10-21(20)28)32(31-22)27-30-26(34)24(35-27)16-25(33)29-19-7-3-2-4-8-19/h2-14,23-24H,15-16H2,1H3,(H,29,33)/t23-,24-/m1/s1. The van der Waals surface area contributed by atoms with E-state index in [2.05, 4.69) is 22.4 Å². The van der Waals surface area contributed by atoms with Gasteiger partial charge in [0.2, 0.25) is 5.91 Å². The van der Waals surface area contributed by atoms with Crippen LogP contribution in [0.5, 0.6) is 0 Å². The Bertz CT molecular complexity index is 1320. The van der Waals surface area contributed by atoms with Crippen LogP contribution in [-0.2, 0) is 9.59 Å². The number of para-hydroxylation sites is 1. The van der Waals surface area contributed by atoms with Crippen LogP contribution in [0.1, 0.15) is 35.6 Å². The van der Waals surface area contributed by atoms with Gasteiger partial charge < -0.3 is 5.32 Å². The summed E-state index contributed by atoms with van der Waals surface area (Å²) in [6, 6.07) is 24.8. The summed E-state index contributed by atoms with van der Waals surface area (Å²) in [4.78, 5) is 29.6. The van der Waals surface area contributed by atoms with E-state index in [0.29, 0.717) is 22.3 Å². The summed E-state index contributed by atoms with van der Waals surface area (Å²) in [6.45, 7) is 2.04. The van der Waals surface area contributed by atoms with E-state index < -0.39 is 5.25 Å². The van der Waals surface area contributed by atoms with Crippen LogP contribution >= 0.6 is 23.4 Å². The van der Waals surface area contributed by atoms with Gasteiger partial charge in [-0.15, -0.1) is 0 Å². The van der Waals surface area contributed by atoms with Gasteiger partial charge in [-0.1, -0.05) is 89.6 Å². The van der Waals surface area contributed by atoms with Crippen LogP contribution < -0.4 is 5.32 Å². The van der Waals surface area contributed by atoms with Crippen LogP contribution in [0.2, 0.25) is 5.02 Å². The highest BCUT2D eigenvalue weighted by Gasteiger charge is 2.39. The fourth-order valence-corrected chi connectivity index (χ4v) is 5.42. The van der Waals surface area contributed by atoms with Crippen molar-refractivity contribution in [3.63, 3.8) is 0 Å². The molecule has 3 aromatic carbocycles. The average Bonchev–Trinajstić information content (AvgIpc) is 3.44. The minimum atomic E-state index is -0.598. The highest BCUT2D eigenvalue weighted by Crippen LogP contribution is 2.40. The van der Waals surface area contributed by atoms with Crippen molar-refractivity contribution in [3.05, 3.63) is 101 Å². The Labute approximate surface area is 213 Å². The topological polar surface area (TPSA) is 74.1 Å². The fraction of sp³-hybridized carbons (Fsp3) is 0.185. The second-order valence-electron chi connectivity index (χ2n) is 8.46. The molecule has 0 aliphatic carbocycles. The first kappa shape index (κ1) is 23.3. The number of carbonyl (C=O) groups excluding carboxylic acids is 2. The van der Waals surface area contributed by atoms with Gasteiger partial charge in [-0.2, -0.15) is 10.1 Å². The van der Waals surface area contributed by atoms with E-state index in [1.165, 1.54) is 17.3 Å². The van der Waals surface area contributed by atoms with Crippen molar-refractivity contribution >= 4 is 51.7 Å². The number of anilines is 1. The van der Waals surface area contributed by atoms with Crippen LogP contribution in [0.15, 0.2) is 89.0 Å². The molecule has 176 valence electrons. The zero-order valence-corrected chi connectivity index (χ0v) is 20.6. The second-order valence-corrected chi connectivity index (χ2v) is 10.0. The van der Waals surface area contributed by atoms with Gasteiger partial charge in [0.1, 0.15) is 5.25 Å². The molecular weight excluding hydrogens is 480 g/mol. The van der Waals surface area contributed by atoms with Crippen LogP contribution in [-0.4, -0.2) is 33.0 Å². The van der Waals surface area contributed by atoms with Gasteiger partial charge in [0, 0.05) is 23.6 Å². The zero-order chi connectivity index (χ0) is 24.4. The first-order valence-electron chi connectivity index (χ1n) is 11.3. The van der Waals surface area contributed by atoms with Crippen molar-refractivity contribution in [1.82, 2.24) is 5.01 Å². The number of hydrogen-bond donors (Lipinski definition) is 1. The number of nitrogens with one attached hydrogen (secondary N) is 1. The lowest BCUT2D eigenvalue weighted by Crippen LogP contribution is -2.25. The third kappa shape index (κ3) is 5.16. The molecule has 0 spiro atoms. The van der Waals surface area contributed by atoms with E-state index in [-0.39, 0.29) is 24.3 Å². The lowest BCUT2D eigenvalue weighted by atomic mass is 9.98. The highest BCUT2D eigenvalue weighted by molar-refractivity contribution is 8.15. The summed E-state index contributed by atoms with van der Waals surface area (Å²) in [6.07, 6.45) is 0.657. The third-order valence-corrected chi connectivity index (χ3v) is 7.40. The van der Waals surface area contributed by atoms with E-state index in [1.54, 1.807) is 5.01 Å². The average molecular weight is 503 g/mol. The third-order valence-electron chi connectivity index (χ3n) is 5.91. The molecule has 35 heavy (non-hydrogen) atoms. The van der Waals surface area contributed by atoms with Crippen molar-refractivity contribution < 1.29 is 9.59 Å². The molecule has 2 amide bonds. The minimum Gasteiger partial charge on any atom is -0.326 e. The summed E-state index contributed by atoms with van der Waals surface area (Å²) in [5, 5.41) is 10.0. The maximum absolute atomic E-state index is 12.7. The Hall–Kier alpha value is -3.42. The summed E-state index contributed by atoms with van der Waals surface area (Å²) < 4.78 is 0. The Morgan fingerprint density at radius 1 is 1.06 bits per heavy atom. The van der Waals surface area contributed by atoms with Crippen LogP contribution in [0.3, 0.4) is 0 Å². The SMILES string of the molecule is Cc1ccc(C2=NN(C3=NC(=O)[C@@H](CC(=O)Nc4ccccc4)S3)[C@@H](c3ccccc3Cl)C2)cc1. The Kier molecular flexibility index (Phi) is 6.70. The van der Waals surface area contributed by atoms with E-state index in [0.717, 1.165) is 16.8 Å². The predicted octanol–water partition coefficient (Wildman–Crippen LogP) is 5.83. The van der Waals surface area contributed by atoms with E-state index in [1.807, 2.05) is 73.7 Å². The Morgan fingerprint density at radius 2 is 1.77 bits per heavy atom. The molecule has 8 heteroatoms. The molecule has 0 unspecified atom stereocenters. The maximum Gasteiger partial charge on any atom is 0.262 e. The molecule has 0 radical (unpaired) electrons. The number of hydrazone groups is 1. The maximum atomic E-state index is 12.7. The number of nitrogens with zero attached hydrogens (tertiary/aromatic N) is 3. The second kappa shape index (κ2) is 10.1. The molecule has 0 aromatic heterocycles. The summed E-state index contributed by atoms with van der Waals surface area (Å²) in [7, 11) is 0. The van der Waals surface area contributed by atoms with Crippen molar-refractivity contribution in [2.75, 3.05) is 5.32 Å². The first-order valence-corrected chi connectivity index (χ1v) is 12.6. The first-order chi connectivity index (χ1) is 17.0. The molecule has 2 aliphatic heterocycles. The Balaban J connectivity index is 1.37. The quantitative estimate of drug-likeness (QED) is 0.476. The number of amides is 2. The van der Waals surface area contributed by atoms with Crippen molar-refractivity contribution in [2.45, 2.75) is 31.1 Å². The van der Waals surface area contributed by atoms with Gasteiger partial charge >= 0.3 is 0 Å². The molecule has 2 atom stereocenters. The largest absolute Gasteiger partial charge is 0.326 e. The molecule has 5 rings (SSSR count). The van der Waals surface area contributed by atoms with Gasteiger partial charge in [-0.3, -0.25) is 9.59 Å². The summed E-state index contributed by atoms with van der Waals surface area (Å²) >= 11 is 7.82.